The molecule has 1 N–H and O–H groups in total. The highest BCUT2D eigenvalue weighted by atomic mass is 16.5. The average molecular weight is 327 g/mol. The van der Waals surface area contributed by atoms with Crippen molar-refractivity contribution in [3.05, 3.63) is 47.4 Å². The average Bonchev–Trinajstić information content (AvgIpc) is 3.01. The summed E-state index contributed by atoms with van der Waals surface area (Å²) < 4.78 is 5.63. The predicted molar refractivity (Wildman–Crippen MR) is 91.9 cm³/mol. The van der Waals surface area contributed by atoms with Crippen molar-refractivity contribution in [2.24, 2.45) is 5.41 Å². The summed E-state index contributed by atoms with van der Waals surface area (Å²) in [6, 6.07) is 8.47. The number of nitrogens with one attached hydrogen (secondary N) is 1. The fourth-order valence-corrected chi connectivity index (χ4v) is 3.97. The number of rotatable bonds is 1. The van der Waals surface area contributed by atoms with E-state index in [1.54, 1.807) is 5.01 Å². The molecule has 24 heavy (non-hydrogen) atoms. The number of carbonyl (C=O) groups excluding carboxylic acids is 1. The van der Waals surface area contributed by atoms with E-state index in [-0.39, 0.29) is 17.5 Å². The zero-order chi connectivity index (χ0) is 16.7. The van der Waals surface area contributed by atoms with Gasteiger partial charge in [-0.3, -0.25) is 5.01 Å². The summed E-state index contributed by atoms with van der Waals surface area (Å²) in [4.78, 5) is 13.0. The van der Waals surface area contributed by atoms with Gasteiger partial charge in [-0.25, -0.2) is 9.80 Å². The number of amides is 2. The van der Waals surface area contributed by atoms with Crippen LogP contribution in [0.15, 0.2) is 36.2 Å². The molecule has 5 nitrogen and oxygen atoms in total. The van der Waals surface area contributed by atoms with Gasteiger partial charge in [0.05, 0.1) is 19.2 Å². The lowest BCUT2D eigenvalue weighted by molar-refractivity contribution is -0.0272. The molecule has 1 unspecified atom stereocenters. The van der Waals surface area contributed by atoms with E-state index in [1.807, 2.05) is 11.1 Å². The van der Waals surface area contributed by atoms with Crippen molar-refractivity contribution in [3.63, 3.8) is 0 Å². The molecule has 0 bridgehead atoms. The quantitative estimate of drug-likeness (QED) is 0.861. The van der Waals surface area contributed by atoms with Gasteiger partial charge >= 0.3 is 6.03 Å². The summed E-state index contributed by atoms with van der Waals surface area (Å²) in [5, 5.41) is 7.02. The molecule has 2 heterocycles. The molecule has 0 saturated carbocycles. The van der Waals surface area contributed by atoms with E-state index in [1.165, 1.54) is 11.1 Å². The van der Waals surface area contributed by atoms with Crippen molar-refractivity contribution in [3.8, 4) is 0 Å². The van der Waals surface area contributed by atoms with Crippen LogP contribution in [0.2, 0.25) is 0 Å². The summed E-state index contributed by atoms with van der Waals surface area (Å²) in [6.07, 6.45) is 5.08. The number of benzene rings is 1. The number of aryl methyl sites for hydroxylation is 1. The molecule has 1 saturated heterocycles. The number of hydrogen-bond donors (Lipinski definition) is 1. The molecule has 3 aliphatic rings. The van der Waals surface area contributed by atoms with E-state index >= 15 is 0 Å². The third-order valence-electron chi connectivity index (χ3n) is 5.44. The van der Waals surface area contributed by atoms with Crippen molar-refractivity contribution in [1.29, 1.82) is 0 Å². The zero-order valence-corrected chi connectivity index (χ0v) is 14.4. The van der Waals surface area contributed by atoms with E-state index in [0.29, 0.717) is 6.54 Å². The van der Waals surface area contributed by atoms with Crippen LogP contribution in [0, 0.1) is 5.41 Å². The van der Waals surface area contributed by atoms with E-state index in [2.05, 4.69) is 43.4 Å². The number of hydrazine groups is 1. The molecule has 2 aliphatic heterocycles. The zero-order valence-electron chi connectivity index (χ0n) is 14.4. The molecular weight excluding hydrogens is 302 g/mol. The van der Waals surface area contributed by atoms with Gasteiger partial charge in [0.25, 0.3) is 0 Å². The van der Waals surface area contributed by atoms with Crippen molar-refractivity contribution in [2.45, 2.75) is 39.2 Å². The minimum Gasteiger partial charge on any atom is -0.478 e. The summed E-state index contributed by atoms with van der Waals surface area (Å²) in [6.45, 7) is 6.64. The van der Waals surface area contributed by atoms with Crippen LogP contribution in [-0.2, 0) is 11.2 Å². The van der Waals surface area contributed by atoms with Crippen LogP contribution in [0.5, 0.6) is 0 Å². The molecule has 1 aromatic rings. The second-order valence-corrected chi connectivity index (χ2v) is 7.52. The van der Waals surface area contributed by atoms with Crippen molar-refractivity contribution in [1.82, 2.24) is 15.3 Å². The Hall–Kier alpha value is -2.17. The van der Waals surface area contributed by atoms with E-state index in [4.69, 9.17) is 4.74 Å². The van der Waals surface area contributed by atoms with Crippen molar-refractivity contribution in [2.75, 3.05) is 19.7 Å². The van der Waals surface area contributed by atoms with Crippen LogP contribution < -0.4 is 5.32 Å². The van der Waals surface area contributed by atoms with Gasteiger partial charge in [0.1, 0.15) is 0 Å². The highest BCUT2D eigenvalue weighted by molar-refractivity contribution is 5.75. The van der Waals surface area contributed by atoms with Crippen LogP contribution >= 0.6 is 0 Å². The third-order valence-corrected chi connectivity index (χ3v) is 5.44. The monoisotopic (exact) mass is 327 g/mol. The number of carbonyl (C=O) groups is 1. The number of urea groups is 1. The second kappa shape index (κ2) is 5.72. The Bertz CT molecular complexity index is 683. The Balaban J connectivity index is 1.55. The molecule has 1 fully saturated rings. The van der Waals surface area contributed by atoms with Gasteiger partial charge in [0.15, 0.2) is 0 Å². The molecule has 4 rings (SSSR count). The Labute approximate surface area is 143 Å². The number of nitrogens with zero attached hydrogens (tertiary/aromatic N) is 2. The topological polar surface area (TPSA) is 44.8 Å². The first kappa shape index (κ1) is 15.4. The second-order valence-electron chi connectivity index (χ2n) is 7.52. The van der Waals surface area contributed by atoms with Gasteiger partial charge in [-0.1, -0.05) is 38.1 Å². The normalized spacial score (nSPS) is 24.6. The number of ether oxygens (including phenoxy) is 1. The lowest BCUT2D eigenvalue weighted by Crippen LogP contribution is -2.52. The van der Waals surface area contributed by atoms with Crippen LogP contribution in [0.3, 0.4) is 0 Å². The molecule has 0 radical (unpaired) electrons. The lowest BCUT2D eigenvalue weighted by atomic mass is 9.70. The Morgan fingerprint density at radius 3 is 3.04 bits per heavy atom. The smallest absolute Gasteiger partial charge is 0.337 e. The van der Waals surface area contributed by atoms with Crippen LogP contribution in [0.1, 0.15) is 43.9 Å². The molecule has 0 aromatic heterocycles. The summed E-state index contributed by atoms with van der Waals surface area (Å²) >= 11 is 0. The number of fused-ring (bicyclic) bond motifs is 2. The number of hydrogen-bond acceptors (Lipinski definition) is 3. The van der Waals surface area contributed by atoms with Crippen molar-refractivity contribution < 1.29 is 9.53 Å². The first-order chi connectivity index (χ1) is 11.6. The maximum atomic E-state index is 13.0. The highest BCUT2D eigenvalue weighted by Crippen LogP contribution is 2.43. The molecular formula is C19H25N3O2. The minimum atomic E-state index is -0.0403. The molecule has 0 spiro atoms. The Morgan fingerprint density at radius 1 is 1.33 bits per heavy atom. The molecule has 1 aliphatic carbocycles. The van der Waals surface area contributed by atoms with E-state index < -0.39 is 0 Å². The Kier molecular flexibility index (Phi) is 3.66. The van der Waals surface area contributed by atoms with Gasteiger partial charge < -0.3 is 10.1 Å². The summed E-state index contributed by atoms with van der Waals surface area (Å²) in [5.74, 6) is 0.819. The maximum absolute atomic E-state index is 13.0. The summed E-state index contributed by atoms with van der Waals surface area (Å²) in [7, 11) is 0. The summed E-state index contributed by atoms with van der Waals surface area (Å²) in [5.41, 5.74) is 2.64. The standard InChI is InChI=1S/C19H25N3O2/c1-19(2)10-8-14-6-3-4-7-15(14)17(19)20-18(23)22-12-9-16-21(22)11-5-13-24-16/h3-4,6-7,9,17H,5,8,10-13H2,1-2H3,(H,20,23). The fraction of sp³-hybridized carbons (Fsp3) is 0.526. The van der Waals surface area contributed by atoms with Crippen LogP contribution in [0.4, 0.5) is 4.79 Å². The fourth-order valence-electron chi connectivity index (χ4n) is 3.97. The van der Waals surface area contributed by atoms with Gasteiger partial charge in [-0.15, -0.1) is 0 Å². The predicted octanol–water partition coefficient (Wildman–Crippen LogP) is 3.20. The molecule has 1 aromatic carbocycles. The van der Waals surface area contributed by atoms with E-state index in [0.717, 1.165) is 38.3 Å². The minimum absolute atomic E-state index is 0.0321. The first-order valence-corrected chi connectivity index (χ1v) is 8.82. The van der Waals surface area contributed by atoms with Crippen LogP contribution in [-0.4, -0.2) is 35.7 Å². The van der Waals surface area contributed by atoms with Crippen LogP contribution in [0.25, 0.3) is 0 Å². The van der Waals surface area contributed by atoms with Gasteiger partial charge in [-0.2, -0.15) is 0 Å². The Morgan fingerprint density at radius 2 is 2.17 bits per heavy atom. The largest absolute Gasteiger partial charge is 0.478 e. The maximum Gasteiger partial charge on any atom is 0.337 e. The van der Waals surface area contributed by atoms with Gasteiger partial charge in [0.2, 0.25) is 5.88 Å². The van der Waals surface area contributed by atoms with E-state index in [9.17, 15) is 4.79 Å². The van der Waals surface area contributed by atoms with Gasteiger partial charge in [-0.05, 0) is 35.5 Å². The molecule has 2 amide bonds. The first-order valence-electron chi connectivity index (χ1n) is 8.82. The SMILES string of the molecule is CC1(C)CCc2ccccc2C1NC(=O)N1CC=C2OCCCN21. The molecule has 128 valence electrons. The highest BCUT2D eigenvalue weighted by Gasteiger charge is 2.39. The molecule has 1 atom stereocenters. The lowest BCUT2D eigenvalue weighted by Gasteiger charge is -2.42. The molecule has 5 heteroatoms. The van der Waals surface area contributed by atoms with Gasteiger partial charge in [0, 0.05) is 13.0 Å². The van der Waals surface area contributed by atoms with Crippen molar-refractivity contribution >= 4 is 6.03 Å². The third kappa shape index (κ3) is 2.52.